The van der Waals surface area contributed by atoms with Gasteiger partial charge in [-0.1, -0.05) is 127 Å². The average molecular weight is 557 g/mol. The molecule has 5 aromatic rings. The van der Waals surface area contributed by atoms with Gasteiger partial charge < -0.3 is 0 Å². The molecule has 0 saturated heterocycles. The second-order valence-corrected chi connectivity index (χ2v) is 18.1. The summed E-state index contributed by atoms with van der Waals surface area (Å²) in [4.78, 5) is 0. The molecule has 0 aliphatic rings. The summed E-state index contributed by atoms with van der Waals surface area (Å²) < 4.78 is 2.32. The van der Waals surface area contributed by atoms with Crippen LogP contribution >= 0.6 is 0 Å². The molecule has 1 aromatic heterocycles. The fourth-order valence-electron chi connectivity index (χ4n) is 7.06. The SMILES string of the molecule is Cc1c(-c2c3ccc([Si](c4ccccc4)(c4ccccc4)C(C)(C)C)cc3cc[n+]2C)cc(C(C)C)cc1C(C)C. The van der Waals surface area contributed by atoms with Gasteiger partial charge in [-0.3, -0.25) is 0 Å². The molecule has 0 bridgehead atoms. The van der Waals surface area contributed by atoms with Crippen molar-refractivity contribution >= 4 is 34.4 Å². The maximum Gasteiger partial charge on any atom is 0.220 e. The van der Waals surface area contributed by atoms with Crippen molar-refractivity contribution in [3.8, 4) is 11.3 Å². The van der Waals surface area contributed by atoms with E-state index in [0.29, 0.717) is 11.8 Å². The van der Waals surface area contributed by atoms with Crippen molar-refractivity contribution in [2.75, 3.05) is 0 Å². The molecular formula is C39H46NSi+. The quantitative estimate of drug-likeness (QED) is 0.113. The fraction of sp³-hybridized carbons (Fsp3) is 0.308. The summed E-state index contributed by atoms with van der Waals surface area (Å²) in [6.07, 6.45) is 2.25. The predicted octanol–water partition coefficient (Wildman–Crippen LogP) is 8.16. The number of hydrogen-bond acceptors (Lipinski definition) is 0. The first-order chi connectivity index (χ1) is 19.5. The Bertz CT molecular complexity index is 1640. The first kappa shape index (κ1) is 29.0. The number of pyridine rings is 1. The van der Waals surface area contributed by atoms with Crippen molar-refractivity contribution in [1.29, 1.82) is 0 Å². The summed E-state index contributed by atoms with van der Waals surface area (Å²) in [6, 6.07) is 37.1. The Labute approximate surface area is 248 Å². The second kappa shape index (κ2) is 11.1. The van der Waals surface area contributed by atoms with Gasteiger partial charge in [0.15, 0.2) is 14.3 Å². The Morgan fingerprint density at radius 2 is 1.24 bits per heavy atom. The van der Waals surface area contributed by atoms with Crippen LogP contribution in [0.4, 0.5) is 0 Å². The number of hydrogen-bond donors (Lipinski definition) is 0. The Balaban J connectivity index is 1.84. The molecule has 0 unspecified atom stereocenters. The minimum absolute atomic E-state index is 0.0556. The van der Waals surface area contributed by atoms with Crippen LogP contribution in [0.25, 0.3) is 22.0 Å². The van der Waals surface area contributed by atoms with Crippen LogP contribution in [-0.4, -0.2) is 8.07 Å². The zero-order chi connectivity index (χ0) is 29.5. The molecule has 0 N–H and O–H groups in total. The molecule has 0 spiro atoms. The van der Waals surface area contributed by atoms with E-state index < -0.39 is 8.07 Å². The first-order valence-electron chi connectivity index (χ1n) is 15.2. The van der Waals surface area contributed by atoms with Gasteiger partial charge in [0, 0.05) is 6.07 Å². The molecule has 4 aromatic carbocycles. The van der Waals surface area contributed by atoms with Gasteiger partial charge in [-0.05, 0) is 73.6 Å². The van der Waals surface area contributed by atoms with Crippen molar-refractivity contribution in [3.63, 3.8) is 0 Å². The van der Waals surface area contributed by atoms with Crippen molar-refractivity contribution in [2.45, 2.75) is 72.3 Å². The highest BCUT2D eigenvalue weighted by molar-refractivity contribution is 7.13. The zero-order valence-electron chi connectivity index (χ0n) is 26.4. The smallest absolute Gasteiger partial charge is 0.200 e. The van der Waals surface area contributed by atoms with E-state index in [0.717, 1.165) is 0 Å². The van der Waals surface area contributed by atoms with Crippen LogP contribution in [-0.2, 0) is 7.05 Å². The normalized spacial score (nSPS) is 12.5. The Kier molecular flexibility index (Phi) is 7.83. The van der Waals surface area contributed by atoms with Gasteiger partial charge in [-0.25, -0.2) is 4.57 Å². The van der Waals surface area contributed by atoms with E-state index in [1.54, 1.807) is 0 Å². The monoisotopic (exact) mass is 556 g/mol. The number of rotatable bonds is 6. The molecule has 2 heteroatoms. The van der Waals surface area contributed by atoms with Crippen LogP contribution in [0.2, 0.25) is 5.04 Å². The minimum atomic E-state index is -2.42. The summed E-state index contributed by atoms with van der Waals surface area (Å²) >= 11 is 0. The lowest BCUT2D eigenvalue weighted by molar-refractivity contribution is -0.659. The van der Waals surface area contributed by atoms with Gasteiger partial charge in [0.2, 0.25) is 5.69 Å². The van der Waals surface area contributed by atoms with Gasteiger partial charge >= 0.3 is 0 Å². The van der Waals surface area contributed by atoms with Gasteiger partial charge in [0.25, 0.3) is 0 Å². The molecule has 0 amide bonds. The number of aryl methyl sites for hydroxylation is 1. The van der Waals surface area contributed by atoms with Crippen LogP contribution in [0.1, 0.15) is 77.0 Å². The summed E-state index contributed by atoms with van der Waals surface area (Å²) in [5, 5.41) is 7.06. The van der Waals surface area contributed by atoms with Crippen LogP contribution < -0.4 is 20.1 Å². The highest BCUT2D eigenvalue weighted by atomic mass is 28.3. The molecule has 1 heterocycles. The van der Waals surface area contributed by atoms with E-state index >= 15 is 0 Å². The summed E-state index contributed by atoms with van der Waals surface area (Å²) in [5.74, 6) is 0.961. The van der Waals surface area contributed by atoms with Gasteiger partial charge in [0.1, 0.15) is 7.05 Å². The van der Waals surface area contributed by atoms with Crippen LogP contribution in [0.5, 0.6) is 0 Å². The largest absolute Gasteiger partial charge is 0.220 e. The summed E-state index contributed by atoms with van der Waals surface area (Å²) in [7, 11) is -0.223. The highest BCUT2D eigenvalue weighted by Gasteiger charge is 2.49. The van der Waals surface area contributed by atoms with Crippen LogP contribution in [0.15, 0.2) is 103 Å². The summed E-state index contributed by atoms with van der Waals surface area (Å²) in [6.45, 7) is 18.9. The first-order valence-corrected chi connectivity index (χ1v) is 17.2. The van der Waals surface area contributed by atoms with Crippen LogP contribution in [0, 0.1) is 6.92 Å². The highest BCUT2D eigenvalue weighted by Crippen LogP contribution is 2.38. The fourth-order valence-corrected chi connectivity index (χ4v) is 12.7. The maximum atomic E-state index is 2.52. The zero-order valence-corrected chi connectivity index (χ0v) is 27.4. The molecule has 0 radical (unpaired) electrons. The van der Waals surface area contributed by atoms with E-state index in [1.807, 2.05) is 0 Å². The Morgan fingerprint density at radius 1 is 0.659 bits per heavy atom. The molecule has 210 valence electrons. The van der Waals surface area contributed by atoms with Gasteiger partial charge in [0.05, 0.1) is 10.9 Å². The molecule has 0 saturated carbocycles. The van der Waals surface area contributed by atoms with E-state index in [2.05, 4.69) is 170 Å². The average Bonchev–Trinajstić information content (AvgIpc) is 2.94. The standard InChI is InChI=1S/C39H46NSi/c1-27(2)31-25-36(28(3)4)29(5)37(26-31)38-35-21-20-34(24-30(35)22-23-40(38)9)41(39(6,7)8,32-16-12-10-13-17-32)33-18-14-11-15-19-33/h10-28H,1-9H3/q+1. The Hall–Kier alpha value is -3.49. The minimum Gasteiger partial charge on any atom is -0.200 e. The number of nitrogens with zero attached hydrogens (tertiary/aromatic N) is 1. The van der Waals surface area contributed by atoms with E-state index in [-0.39, 0.29) is 5.04 Å². The molecule has 0 aliphatic carbocycles. The van der Waals surface area contributed by atoms with Gasteiger partial charge in [-0.15, -0.1) is 0 Å². The maximum absolute atomic E-state index is 2.52. The van der Waals surface area contributed by atoms with Crippen molar-refractivity contribution < 1.29 is 4.57 Å². The molecule has 5 rings (SSSR count). The topological polar surface area (TPSA) is 3.88 Å². The molecule has 41 heavy (non-hydrogen) atoms. The Morgan fingerprint density at radius 3 is 1.76 bits per heavy atom. The third-order valence-corrected chi connectivity index (χ3v) is 14.9. The van der Waals surface area contributed by atoms with E-state index in [9.17, 15) is 0 Å². The van der Waals surface area contributed by atoms with Crippen molar-refractivity contribution in [1.82, 2.24) is 0 Å². The van der Waals surface area contributed by atoms with Crippen molar-refractivity contribution in [2.24, 2.45) is 7.05 Å². The number of aromatic nitrogens is 1. The predicted molar refractivity (Wildman–Crippen MR) is 181 cm³/mol. The lowest BCUT2D eigenvalue weighted by Crippen LogP contribution is -2.72. The lowest BCUT2D eigenvalue weighted by atomic mass is 9.86. The third kappa shape index (κ3) is 4.97. The van der Waals surface area contributed by atoms with Gasteiger partial charge in [-0.2, -0.15) is 0 Å². The molecule has 0 aliphatic heterocycles. The molecule has 0 fully saturated rings. The van der Waals surface area contributed by atoms with Crippen molar-refractivity contribution in [3.05, 3.63) is 120 Å². The summed E-state index contributed by atoms with van der Waals surface area (Å²) in [5.41, 5.74) is 6.91. The molecular weight excluding hydrogens is 511 g/mol. The molecule has 0 atom stereocenters. The number of fused-ring (bicyclic) bond motifs is 1. The number of benzene rings is 4. The molecule has 1 nitrogen and oxygen atoms in total. The van der Waals surface area contributed by atoms with Crippen LogP contribution in [0.3, 0.4) is 0 Å². The third-order valence-electron chi connectivity index (χ3n) is 9.12. The van der Waals surface area contributed by atoms with E-state index in [4.69, 9.17) is 0 Å². The second-order valence-electron chi connectivity index (χ2n) is 13.4. The van der Waals surface area contributed by atoms with E-state index in [1.165, 1.54) is 54.3 Å². The lowest BCUT2D eigenvalue weighted by Gasteiger charge is -2.44.